The van der Waals surface area contributed by atoms with Crippen molar-refractivity contribution in [1.82, 2.24) is 14.9 Å². The Morgan fingerprint density at radius 3 is 2.61 bits per heavy atom. The molecule has 41 heavy (non-hydrogen) atoms. The number of pyridine rings is 1. The first-order chi connectivity index (χ1) is 19.5. The second-order valence-electron chi connectivity index (χ2n) is 11.1. The van der Waals surface area contributed by atoms with Gasteiger partial charge in [-0.3, -0.25) is 15.1 Å². The third-order valence-electron chi connectivity index (χ3n) is 6.95. The van der Waals surface area contributed by atoms with Crippen LogP contribution in [0.5, 0.6) is 0 Å². The zero-order valence-corrected chi connectivity index (χ0v) is 23.8. The molecule has 0 bridgehead atoms. The van der Waals surface area contributed by atoms with Crippen molar-refractivity contribution in [2.24, 2.45) is 0 Å². The SMILES string of the molecule is Cc1c(NC(=O)OC(C)(C)C)ccc2nc(N3CCc4ccccc4C3C(=O)N(C)Cc3ccccn3)oc(=O)c12. The van der Waals surface area contributed by atoms with Crippen LogP contribution in [0.3, 0.4) is 0 Å². The number of anilines is 2. The standard InChI is InChI=1S/C31H33N5O5/c1-19-23(34-30(39)41-31(2,3)4)13-14-24-25(19)28(38)40-29(33-24)36-17-15-20-10-6-7-12-22(20)26(36)27(37)35(5)18-21-11-8-9-16-32-21/h6-14,16,26H,15,17-18H2,1-5H3,(H,34,39). The Kier molecular flexibility index (Phi) is 7.49. The van der Waals surface area contributed by atoms with E-state index in [1.165, 1.54) is 0 Å². The number of hydrogen-bond acceptors (Lipinski definition) is 8. The molecule has 2 amide bonds. The highest BCUT2D eigenvalue weighted by atomic mass is 16.6. The molecule has 0 saturated carbocycles. The van der Waals surface area contributed by atoms with Gasteiger partial charge in [0, 0.05) is 25.5 Å². The number of fused-ring (bicyclic) bond motifs is 2. The quantitative estimate of drug-likeness (QED) is 0.366. The zero-order chi connectivity index (χ0) is 29.3. The Morgan fingerprint density at radius 1 is 1.12 bits per heavy atom. The molecule has 10 heteroatoms. The van der Waals surface area contributed by atoms with Crippen molar-refractivity contribution in [3.05, 3.63) is 93.6 Å². The van der Waals surface area contributed by atoms with E-state index >= 15 is 0 Å². The van der Waals surface area contributed by atoms with Gasteiger partial charge in [0.1, 0.15) is 11.6 Å². The van der Waals surface area contributed by atoms with Crippen LogP contribution >= 0.6 is 0 Å². The van der Waals surface area contributed by atoms with E-state index in [1.54, 1.807) is 62.9 Å². The summed E-state index contributed by atoms with van der Waals surface area (Å²) in [5, 5.41) is 2.94. The van der Waals surface area contributed by atoms with Crippen LogP contribution in [0, 0.1) is 6.92 Å². The molecule has 1 unspecified atom stereocenters. The highest BCUT2D eigenvalue weighted by Gasteiger charge is 2.37. The maximum Gasteiger partial charge on any atom is 0.412 e. The molecule has 0 radical (unpaired) electrons. The van der Waals surface area contributed by atoms with Gasteiger partial charge in [0.15, 0.2) is 0 Å². The van der Waals surface area contributed by atoms with Crippen LogP contribution in [0.1, 0.15) is 49.2 Å². The molecule has 2 aromatic heterocycles. The number of rotatable bonds is 5. The maximum atomic E-state index is 14.0. The third-order valence-corrected chi connectivity index (χ3v) is 6.95. The van der Waals surface area contributed by atoms with Gasteiger partial charge in [-0.2, -0.15) is 4.98 Å². The highest BCUT2D eigenvalue weighted by molar-refractivity contribution is 5.93. The van der Waals surface area contributed by atoms with Gasteiger partial charge in [0.25, 0.3) is 0 Å². The van der Waals surface area contributed by atoms with Crippen molar-refractivity contribution in [1.29, 1.82) is 0 Å². The number of benzene rings is 2. The van der Waals surface area contributed by atoms with Gasteiger partial charge in [-0.1, -0.05) is 30.3 Å². The van der Waals surface area contributed by atoms with Gasteiger partial charge in [0.2, 0.25) is 5.91 Å². The summed E-state index contributed by atoms with van der Waals surface area (Å²) in [5.74, 6) is -0.166. The van der Waals surface area contributed by atoms with Crippen LogP contribution < -0.4 is 15.8 Å². The van der Waals surface area contributed by atoms with Gasteiger partial charge in [-0.15, -0.1) is 0 Å². The minimum Gasteiger partial charge on any atom is -0.444 e. The summed E-state index contributed by atoms with van der Waals surface area (Å²) in [4.78, 5) is 52.0. The van der Waals surface area contributed by atoms with E-state index in [-0.39, 0.29) is 17.3 Å². The first kappa shape index (κ1) is 27.8. The predicted molar refractivity (Wildman–Crippen MR) is 156 cm³/mol. The Bertz CT molecular complexity index is 1660. The molecule has 212 valence electrons. The number of ether oxygens (including phenoxy) is 1. The van der Waals surface area contributed by atoms with Crippen LogP contribution in [-0.2, 0) is 22.5 Å². The van der Waals surface area contributed by atoms with Gasteiger partial charge < -0.3 is 19.0 Å². The van der Waals surface area contributed by atoms with Crippen molar-refractivity contribution in [3.63, 3.8) is 0 Å². The Morgan fingerprint density at radius 2 is 1.88 bits per heavy atom. The molecule has 0 spiro atoms. The minimum absolute atomic E-state index is 0.0637. The fourth-order valence-corrected chi connectivity index (χ4v) is 5.04. The maximum absolute atomic E-state index is 14.0. The summed E-state index contributed by atoms with van der Waals surface area (Å²) >= 11 is 0. The molecule has 0 aliphatic carbocycles. The first-order valence-corrected chi connectivity index (χ1v) is 13.5. The third kappa shape index (κ3) is 5.91. The molecular weight excluding hydrogens is 522 g/mol. The molecule has 1 N–H and O–H groups in total. The highest BCUT2D eigenvalue weighted by Crippen LogP contribution is 2.35. The monoisotopic (exact) mass is 555 g/mol. The molecular formula is C31H33N5O5. The fraction of sp³-hybridized carbons (Fsp3) is 0.323. The largest absolute Gasteiger partial charge is 0.444 e. The molecule has 3 heterocycles. The van der Waals surface area contributed by atoms with Crippen molar-refractivity contribution in [2.45, 2.75) is 52.3 Å². The van der Waals surface area contributed by atoms with E-state index in [4.69, 9.17) is 9.15 Å². The minimum atomic E-state index is -0.740. The molecule has 0 saturated heterocycles. The molecule has 0 fully saturated rings. The van der Waals surface area contributed by atoms with Crippen LogP contribution in [-0.4, -0.2) is 46.1 Å². The smallest absolute Gasteiger partial charge is 0.412 e. The molecule has 5 rings (SSSR count). The van der Waals surface area contributed by atoms with E-state index in [0.717, 1.165) is 16.8 Å². The zero-order valence-electron chi connectivity index (χ0n) is 23.8. The number of hydrogen-bond donors (Lipinski definition) is 1. The predicted octanol–water partition coefficient (Wildman–Crippen LogP) is 5.00. The number of amides is 2. The van der Waals surface area contributed by atoms with Crippen LogP contribution in [0.2, 0.25) is 0 Å². The number of aryl methyl sites for hydroxylation is 1. The van der Waals surface area contributed by atoms with Crippen molar-refractivity contribution < 1.29 is 18.7 Å². The van der Waals surface area contributed by atoms with Crippen LogP contribution in [0.25, 0.3) is 10.9 Å². The lowest BCUT2D eigenvalue weighted by atomic mass is 9.92. The first-order valence-electron chi connectivity index (χ1n) is 13.5. The normalized spacial score (nSPS) is 14.9. The molecule has 1 aliphatic rings. The number of nitrogens with zero attached hydrogens (tertiary/aromatic N) is 4. The van der Waals surface area contributed by atoms with Crippen molar-refractivity contribution >= 4 is 34.6 Å². The number of likely N-dealkylation sites (N-methyl/N-ethyl adjacent to an activating group) is 1. The molecule has 1 aliphatic heterocycles. The van der Waals surface area contributed by atoms with Gasteiger partial charge in [-0.25, -0.2) is 9.59 Å². The van der Waals surface area contributed by atoms with E-state index < -0.39 is 23.4 Å². The Hall–Kier alpha value is -4.73. The average Bonchev–Trinajstić information content (AvgIpc) is 2.92. The summed E-state index contributed by atoms with van der Waals surface area (Å²) in [5.41, 5.74) is 2.71. The van der Waals surface area contributed by atoms with Crippen molar-refractivity contribution in [3.8, 4) is 0 Å². The Balaban J connectivity index is 1.50. The fourth-order valence-electron chi connectivity index (χ4n) is 5.04. The number of nitrogens with one attached hydrogen (secondary N) is 1. The topological polar surface area (TPSA) is 118 Å². The second-order valence-corrected chi connectivity index (χ2v) is 11.1. The summed E-state index contributed by atoms with van der Waals surface area (Å²) < 4.78 is 11.1. The molecule has 1 atom stereocenters. The van der Waals surface area contributed by atoms with E-state index in [9.17, 15) is 14.4 Å². The molecule has 2 aromatic carbocycles. The van der Waals surface area contributed by atoms with Crippen LogP contribution in [0.4, 0.5) is 16.5 Å². The van der Waals surface area contributed by atoms with Gasteiger partial charge in [0.05, 0.1) is 23.1 Å². The molecule has 4 aromatic rings. The van der Waals surface area contributed by atoms with Gasteiger partial charge >= 0.3 is 17.7 Å². The second kappa shape index (κ2) is 11.0. The Labute approximate surface area is 238 Å². The van der Waals surface area contributed by atoms with Gasteiger partial charge in [-0.05, 0) is 75.1 Å². The van der Waals surface area contributed by atoms with E-state index in [1.807, 2.05) is 42.5 Å². The number of carbonyl (C=O) groups is 2. The summed E-state index contributed by atoms with van der Waals surface area (Å²) in [6.07, 6.45) is 1.72. The lowest BCUT2D eigenvalue weighted by Crippen LogP contribution is -2.45. The number of aromatic nitrogens is 2. The van der Waals surface area contributed by atoms with E-state index in [0.29, 0.717) is 36.3 Å². The summed E-state index contributed by atoms with van der Waals surface area (Å²) in [7, 11) is 1.74. The molecule has 10 nitrogen and oxygen atoms in total. The van der Waals surface area contributed by atoms with Crippen molar-refractivity contribution in [2.75, 3.05) is 23.8 Å². The lowest BCUT2D eigenvalue weighted by molar-refractivity contribution is -0.132. The number of carbonyl (C=O) groups excluding carboxylic acids is 2. The summed E-state index contributed by atoms with van der Waals surface area (Å²) in [6.45, 7) is 7.79. The van der Waals surface area contributed by atoms with E-state index in [2.05, 4.69) is 15.3 Å². The lowest BCUT2D eigenvalue weighted by Gasteiger charge is -2.37. The average molecular weight is 556 g/mol. The summed E-state index contributed by atoms with van der Waals surface area (Å²) in [6, 6.07) is 16.0. The van der Waals surface area contributed by atoms with Crippen LogP contribution in [0.15, 0.2) is 70.0 Å².